The van der Waals surface area contributed by atoms with E-state index in [-0.39, 0.29) is 22.8 Å². The molecule has 1 aromatic carbocycles. The van der Waals surface area contributed by atoms with Crippen LogP contribution in [0.4, 0.5) is 11.4 Å². The molecule has 0 saturated carbocycles. The number of benzene rings is 1. The Morgan fingerprint density at radius 1 is 1.40 bits per heavy atom. The third-order valence-corrected chi connectivity index (χ3v) is 5.04. The van der Waals surface area contributed by atoms with E-state index in [4.69, 9.17) is 10.5 Å². The number of hydrogen-bond donors (Lipinski definition) is 2. The largest absolute Gasteiger partial charge is 0.495 e. The maximum atomic E-state index is 12.0. The van der Waals surface area contributed by atoms with Crippen molar-refractivity contribution in [3.63, 3.8) is 0 Å². The zero-order valence-corrected chi connectivity index (χ0v) is 13.1. The van der Waals surface area contributed by atoms with E-state index in [0.717, 1.165) is 0 Å². The summed E-state index contributed by atoms with van der Waals surface area (Å²) in [6.07, 6.45) is 0. The average Bonchev–Trinajstić information content (AvgIpc) is 2.37. The molecule has 0 heterocycles. The second-order valence-electron chi connectivity index (χ2n) is 4.98. The van der Waals surface area contributed by atoms with Gasteiger partial charge in [0.05, 0.1) is 12.8 Å². The second kappa shape index (κ2) is 7.28. The average molecular weight is 298 g/mol. The first-order chi connectivity index (χ1) is 9.35. The van der Waals surface area contributed by atoms with Gasteiger partial charge in [0.15, 0.2) is 0 Å². The molecule has 0 saturated heterocycles. The van der Waals surface area contributed by atoms with Gasteiger partial charge in [-0.25, -0.2) is 0 Å². The Hall–Kier alpha value is -1.56. The monoisotopic (exact) mass is 298 g/mol. The van der Waals surface area contributed by atoms with Gasteiger partial charge in [0.1, 0.15) is 11.5 Å². The Bertz CT molecular complexity index is 503. The Labute approximate surface area is 122 Å². The first-order valence-electron chi connectivity index (χ1n) is 6.45. The summed E-state index contributed by atoms with van der Waals surface area (Å²) in [6.45, 7) is 5.86. The molecular formula is C14H22N2O3S. The zero-order chi connectivity index (χ0) is 15.3. The minimum absolute atomic E-state index is 0.0245. The van der Waals surface area contributed by atoms with Crippen molar-refractivity contribution in [2.75, 3.05) is 23.9 Å². The Morgan fingerprint density at radius 3 is 2.60 bits per heavy atom. The number of rotatable bonds is 6. The summed E-state index contributed by atoms with van der Waals surface area (Å²) in [5, 5.41) is 2.67. The third kappa shape index (κ3) is 4.52. The molecule has 5 nitrogen and oxygen atoms in total. The van der Waals surface area contributed by atoms with Crippen LogP contribution in [0.5, 0.6) is 5.75 Å². The Morgan fingerprint density at radius 2 is 2.05 bits per heavy atom. The van der Waals surface area contributed by atoms with Gasteiger partial charge in [-0.2, -0.15) is 0 Å². The number of anilines is 2. The minimum Gasteiger partial charge on any atom is -0.495 e. The molecule has 20 heavy (non-hydrogen) atoms. The van der Waals surface area contributed by atoms with Crippen LogP contribution in [0.25, 0.3) is 0 Å². The van der Waals surface area contributed by atoms with Gasteiger partial charge in [-0.05, 0) is 24.1 Å². The second-order valence-corrected chi connectivity index (χ2v) is 6.78. The molecule has 2 unspecified atom stereocenters. The van der Waals surface area contributed by atoms with E-state index in [1.165, 1.54) is 7.11 Å². The molecule has 0 fully saturated rings. The van der Waals surface area contributed by atoms with Crippen molar-refractivity contribution in [1.29, 1.82) is 0 Å². The first kappa shape index (κ1) is 16.5. The zero-order valence-electron chi connectivity index (χ0n) is 12.3. The van der Waals surface area contributed by atoms with E-state index in [0.29, 0.717) is 17.1 Å². The molecular weight excluding hydrogens is 276 g/mol. The first-order valence-corrected chi connectivity index (χ1v) is 7.84. The Kier molecular flexibility index (Phi) is 6.01. The number of ether oxygens (including phenoxy) is 1. The van der Waals surface area contributed by atoms with Crippen LogP contribution in [0.1, 0.15) is 20.8 Å². The number of amides is 1. The van der Waals surface area contributed by atoms with E-state index >= 15 is 0 Å². The van der Waals surface area contributed by atoms with Crippen molar-refractivity contribution in [2.24, 2.45) is 5.92 Å². The van der Waals surface area contributed by atoms with Crippen molar-refractivity contribution in [3.05, 3.63) is 18.2 Å². The van der Waals surface area contributed by atoms with E-state index in [2.05, 4.69) is 5.32 Å². The van der Waals surface area contributed by atoms with Gasteiger partial charge >= 0.3 is 0 Å². The fraction of sp³-hybridized carbons (Fsp3) is 0.500. The fourth-order valence-electron chi connectivity index (χ4n) is 1.57. The molecule has 0 aliphatic carbocycles. The molecule has 1 amide bonds. The highest BCUT2D eigenvalue weighted by Crippen LogP contribution is 2.26. The number of methoxy groups -OCH3 is 1. The maximum Gasteiger partial charge on any atom is 0.237 e. The van der Waals surface area contributed by atoms with Crippen LogP contribution in [0.15, 0.2) is 18.2 Å². The molecule has 0 aromatic heterocycles. The van der Waals surface area contributed by atoms with E-state index in [9.17, 15) is 9.00 Å². The van der Waals surface area contributed by atoms with Gasteiger partial charge in [-0.15, -0.1) is 0 Å². The molecule has 0 radical (unpaired) electrons. The summed E-state index contributed by atoms with van der Waals surface area (Å²) in [4.78, 5) is 11.9. The SMILES string of the molecule is COc1ccc(N)cc1NC(=O)CS(=O)C(C)C(C)C. The van der Waals surface area contributed by atoms with Crippen molar-refractivity contribution < 1.29 is 13.7 Å². The molecule has 1 rings (SSSR count). The van der Waals surface area contributed by atoms with Crippen molar-refractivity contribution in [1.82, 2.24) is 0 Å². The summed E-state index contributed by atoms with van der Waals surface area (Å²) >= 11 is 0. The lowest BCUT2D eigenvalue weighted by Gasteiger charge is -2.15. The molecule has 6 heteroatoms. The van der Waals surface area contributed by atoms with Crippen LogP contribution in [0, 0.1) is 5.92 Å². The maximum absolute atomic E-state index is 12.0. The van der Waals surface area contributed by atoms with Crippen molar-refractivity contribution in [2.45, 2.75) is 26.0 Å². The van der Waals surface area contributed by atoms with Gasteiger partial charge in [-0.1, -0.05) is 20.8 Å². The normalized spacial score (nSPS) is 13.8. The summed E-state index contributed by atoms with van der Waals surface area (Å²) in [6, 6.07) is 4.98. The highest BCUT2D eigenvalue weighted by molar-refractivity contribution is 7.86. The number of carbonyl (C=O) groups is 1. The summed E-state index contributed by atoms with van der Waals surface area (Å²) in [5.74, 6) is 0.456. The lowest BCUT2D eigenvalue weighted by Crippen LogP contribution is -2.27. The van der Waals surface area contributed by atoms with Crippen molar-refractivity contribution in [3.8, 4) is 5.75 Å². The van der Waals surface area contributed by atoms with Crippen LogP contribution in [-0.2, 0) is 15.6 Å². The van der Waals surface area contributed by atoms with Crippen LogP contribution in [0.3, 0.4) is 0 Å². The van der Waals surface area contributed by atoms with Crippen molar-refractivity contribution >= 4 is 28.1 Å². The highest BCUT2D eigenvalue weighted by atomic mass is 32.2. The van der Waals surface area contributed by atoms with E-state index in [1.54, 1.807) is 18.2 Å². The van der Waals surface area contributed by atoms with Crippen LogP contribution in [0.2, 0.25) is 0 Å². The van der Waals surface area contributed by atoms with E-state index < -0.39 is 10.8 Å². The smallest absolute Gasteiger partial charge is 0.237 e. The summed E-state index contributed by atoms with van der Waals surface area (Å²) < 4.78 is 17.1. The number of nitrogen functional groups attached to an aromatic ring is 1. The molecule has 0 bridgehead atoms. The van der Waals surface area contributed by atoms with Crippen LogP contribution >= 0.6 is 0 Å². The summed E-state index contributed by atoms with van der Waals surface area (Å²) in [7, 11) is 0.317. The highest BCUT2D eigenvalue weighted by Gasteiger charge is 2.18. The number of nitrogens with one attached hydrogen (secondary N) is 1. The van der Waals surface area contributed by atoms with Crippen LogP contribution in [-0.4, -0.2) is 28.2 Å². The third-order valence-electron chi connectivity index (χ3n) is 3.12. The molecule has 0 aliphatic rings. The number of carbonyl (C=O) groups excluding carboxylic acids is 1. The number of nitrogens with two attached hydrogens (primary N) is 1. The predicted molar refractivity (Wildman–Crippen MR) is 83.3 cm³/mol. The van der Waals surface area contributed by atoms with Gasteiger partial charge in [0, 0.05) is 21.7 Å². The van der Waals surface area contributed by atoms with Gasteiger partial charge in [0.25, 0.3) is 0 Å². The van der Waals surface area contributed by atoms with Gasteiger partial charge < -0.3 is 15.8 Å². The van der Waals surface area contributed by atoms with E-state index in [1.807, 2.05) is 20.8 Å². The molecule has 0 spiro atoms. The predicted octanol–water partition coefficient (Wildman–Crippen LogP) is 2.01. The molecule has 2 atom stereocenters. The van der Waals surface area contributed by atoms with Crippen LogP contribution < -0.4 is 15.8 Å². The fourth-order valence-corrected chi connectivity index (χ4v) is 2.77. The van der Waals surface area contributed by atoms with Gasteiger partial charge in [0.2, 0.25) is 5.91 Å². The summed E-state index contributed by atoms with van der Waals surface area (Å²) in [5.41, 5.74) is 6.70. The lowest BCUT2D eigenvalue weighted by atomic mass is 10.2. The molecule has 0 aliphatic heterocycles. The molecule has 3 N–H and O–H groups in total. The lowest BCUT2D eigenvalue weighted by molar-refractivity contribution is -0.113. The molecule has 1 aromatic rings. The topological polar surface area (TPSA) is 81.4 Å². The molecule has 112 valence electrons. The number of hydrogen-bond acceptors (Lipinski definition) is 4. The quantitative estimate of drug-likeness (QED) is 0.787. The standard InChI is InChI=1S/C14H22N2O3S/c1-9(2)10(3)20(18)8-14(17)16-12-7-11(15)5-6-13(12)19-4/h5-7,9-10H,8,15H2,1-4H3,(H,16,17). The van der Waals surface area contributed by atoms with Gasteiger partial charge in [-0.3, -0.25) is 9.00 Å². The Balaban J connectivity index is 2.72. The minimum atomic E-state index is -1.20.